The lowest BCUT2D eigenvalue weighted by molar-refractivity contribution is -0.902. The van der Waals surface area contributed by atoms with Gasteiger partial charge in [-0.1, -0.05) is 0 Å². The quantitative estimate of drug-likeness (QED) is 0.353. The second kappa shape index (κ2) is 9.64. The van der Waals surface area contributed by atoms with Gasteiger partial charge in [-0.05, 0) is 25.6 Å². The standard InChI is InChI=1S/C13H32ClN3.2ClH/c1-13(2,15-14)9-12-17(6,7)11-8-10-16(3,4)5;;/h15H,8-12H2,1-7H3;2*1H/q+2;;/p-2. The number of hydrogen-bond acceptors (Lipinski definition) is 1. The van der Waals surface area contributed by atoms with Crippen LogP contribution < -0.4 is 29.6 Å². The monoisotopic (exact) mass is 335 g/mol. The third kappa shape index (κ3) is 15.0. The predicted octanol–water partition coefficient (Wildman–Crippen LogP) is -3.92. The summed E-state index contributed by atoms with van der Waals surface area (Å²) < 4.78 is 2.12. The Balaban J connectivity index is -0.00000128. The molecule has 0 atom stereocenters. The number of nitrogens with one attached hydrogen (secondary N) is 1. The van der Waals surface area contributed by atoms with E-state index in [0.29, 0.717) is 0 Å². The molecule has 0 aliphatic rings. The smallest absolute Gasteiger partial charge is 0.0836 e. The van der Waals surface area contributed by atoms with Crippen molar-refractivity contribution in [3.63, 3.8) is 0 Å². The molecule has 0 fully saturated rings. The van der Waals surface area contributed by atoms with Crippen LogP contribution in [0.15, 0.2) is 0 Å². The second-order valence-electron chi connectivity index (χ2n) is 7.48. The summed E-state index contributed by atoms with van der Waals surface area (Å²) in [6.45, 7) is 7.91. The minimum Gasteiger partial charge on any atom is -1.00 e. The molecule has 0 aromatic carbocycles. The molecule has 0 aromatic heterocycles. The number of nitrogens with zero attached hydrogens (tertiary/aromatic N) is 2. The first-order valence-electron chi connectivity index (χ1n) is 6.48. The summed E-state index contributed by atoms with van der Waals surface area (Å²) >= 11 is 5.73. The zero-order valence-electron chi connectivity index (χ0n) is 13.6. The molecule has 120 valence electrons. The Morgan fingerprint density at radius 1 is 0.895 bits per heavy atom. The molecule has 0 aliphatic carbocycles. The Morgan fingerprint density at radius 2 is 1.37 bits per heavy atom. The predicted molar refractivity (Wildman–Crippen MR) is 77.0 cm³/mol. The highest BCUT2D eigenvalue weighted by Gasteiger charge is 2.23. The van der Waals surface area contributed by atoms with Gasteiger partial charge in [0.1, 0.15) is 0 Å². The normalized spacial score (nSPS) is 12.6. The van der Waals surface area contributed by atoms with E-state index in [0.717, 1.165) is 21.9 Å². The van der Waals surface area contributed by atoms with Crippen molar-refractivity contribution in [1.82, 2.24) is 4.84 Å². The van der Waals surface area contributed by atoms with E-state index < -0.39 is 0 Å². The fourth-order valence-electron chi connectivity index (χ4n) is 1.71. The molecule has 0 heterocycles. The van der Waals surface area contributed by atoms with Crippen molar-refractivity contribution in [3.05, 3.63) is 0 Å². The van der Waals surface area contributed by atoms with Crippen LogP contribution in [0.5, 0.6) is 0 Å². The van der Waals surface area contributed by atoms with Crippen LogP contribution in [0.3, 0.4) is 0 Å². The maximum absolute atomic E-state index is 5.73. The van der Waals surface area contributed by atoms with Crippen LogP contribution in [0.4, 0.5) is 0 Å². The van der Waals surface area contributed by atoms with Gasteiger partial charge in [0.25, 0.3) is 0 Å². The fraction of sp³-hybridized carbons (Fsp3) is 1.00. The van der Waals surface area contributed by atoms with Gasteiger partial charge in [0.05, 0.1) is 54.9 Å². The summed E-state index contributed by atoms with van der Waals surface area (Å²) in [5, 5.41) is 0. The van der Waals surface area contributed by atoms with Crippen LogP contribution in [-0.4, -0.2) is 69.4 Å². The maximum atomic E-state index is 5.73. The van der Waals surface area contributed by atoms with Gasteiger partial charge in [-0.3, -0.25) is 0 Å². The summed E-state index contributed by atoms with van der Waals surface area (Å²) in [7, 11) is 11.4. The molecule has 6 heteroatoms. The maximum Gasteiger partial charge on any atom is 0.0836 e. The van der Waals surface area contributed by atoms with Crippen LogP contribution in [-0.2, 0) is 0 Å². The lowest BCUT2D eigenvalue weighted by Crippen LogP contribution is -3.00. The summed E-state index contributed by atoms with van der Waals surface area (Å²) in [5.74, 6) is 0. The first kappa shape index (κ1) is 24.7. The molecular weight excluding hydrogens is 305 g/mol. The van der Waals surface area contributed by atoms with Crippen molar-refractivity contribution >= 4 is 11.8 Å². The molecule has 0 amide bonds. The van der Waals surface area contributed by atoms with Crippen molar-refractivity contribution in [1.29, 1.82) is 0 Å². The van der Waals surface area contributed by atoms with Gasteiger partial charge in [-0.15, -0.1) is 0 Å². The third-order valence-electron chi connectivity index (χ3n) is 3.19. The highest BCUT2D eigenvalue weighted by molar-refractivity contribution is 6.13. The molecule has 0 aromatic rings. The summed E-state index contributed by atoms with van der Waals surface area (Å²) in [6.07, 6.45) is 2.36. The van der Waals surface area contributed by atoms with Gasteiger partial charge in [0.15, 0.2) is 0 Å². The van der Waals surface area contributed by atoms with Crippen molar-refractivity contribution in [3.8, 4) is 0 Å². The fourth-order valence-corrected chi connectivity index (χ4v) is 1.81. The molecule has 0 rings (SSSR count). The SMILES string of the molecule is CC(C)(CC[N+](C)(C)CCC[N+](C)(C)C)NCl.[Cl-].[Cl-]. The lowest BCUT2D eigenvalue weighted by Gasteiger charge is -2.34. The number of rotatable bonds is 8. The van der Waals surface area contributed by atoms with Crippen LogP contribution in [0, 0.1) is 0 Å². The largest absolute Gasteiger partial charge is 1.00 e. The van der Waals surface area contributed by atoms with Crippen LogP contribution >= 0.6 is 11.8 Å². The van der Waals surface area contributed by atoms with Crippen molar-refractivity contribution in [2.24, 2.45) is 0 Å². The molecule has 19 heavy (non-hydrogen) atoms. The van der Waals surface area contributed by atoms with E-state index in [1.807, 2.05) is 0 Å². The Hall–Kier alpha value is 0.750. The van der Waals surface area contributed by atoms with Gasteiger partial charge in [-0.2, -0.15) is 0 Å². The third-order valence-corrected chi connectivity index (χ3v) is 3.70. The average Bonchev–Trinajstić information content (AvgIpc) is 2.13. The highest BCUT2D eigenvalue weighted by atomic mass is 35.5. The van der Waals surface area contributed by atoms with E-state index in [9.17, 15) is 0 Å². The van der Waals surface area contributed by atoms with Gasteiger partial charge in [-0.25, -0.2) is 4.84 Å². The van der Waals surface area contributed by atoms with E-state index >= 15 is 0 Å². The van der Waals surface area contributed by atoms with Crippen molar-refractivity contribution in [2.45, 2.75) is 32.2 Å². The number of hydrogen-bond donors (Lipinski definition) is 1. The molecule has 0 spiro atoms. The van der Waals surface area contributed by atoms with Crippen molar-refractivity contribution < 1.29 is 33.8 Å². The molecule has 0 bridgehead atoms. The van der Waals surface area contributed by atoms with Crippen LogP contribution in [0.25, 0.3) is 0 Å². The topological polar surface area (TPSA) is 12.0 Å². The first-order valence-corrected chi connectivity index (χ1v) is 6.86. The zero-order chi connectivity index (χ0) is 13.7. The second-order valence-corrected chi connectivity index (χ2v) is 7.67. The Morgan fingerprint density at radius 3 is 1.74 bits per heavy atom. The molecule has 1 N–H and O–H groups in total. The minimum absolute atomic E-state index is 0. The van der Waals surface area contributed by atoms with E-state index in [2.05, 4.69) is 53.9 Å². The highest BCUT2D eigenvalue weighted by Crippen LogP contribution is 2.13. The average molecular weight is 337 g/mol. The van der Waals surface area contributed by atoms with Gasteiger partial charge in [0.2, 0.25) is 0 Å². The summed E-state index contributed by atoms with van der Waals surface area (Å²) in [4.78, 5) is 2.85. The van der Waals surface area contributed by atoms with E-state index in [-0.39, 0.29) is 30.4 Å². The molecule has 0 radical (unpaired) electrons. The van der Waals surface area contributed by atoms with E-state index in [1.54, 1.807) is 0 Å². The Labute approximate surface area is 137 Å². The van der Waals surface area contributed by atoms with Crippen molar-refractivity contribution in [2.75, 3.05) is 54.9 Å². The minimum atomic E-state index is 0. The Kier molecular flexibility index (Phi) is 12.6. The molecule has 3 nitrogen and oxygen atoms in total. The number of halogens is 3. The molecule has 0 saturated heterocycles. The Bertz CT molecular complexity index is 226. The molecule has 0 saturated carbocycles. The van der Waals surface area contributed by atoms with Gasteiger partial charge < -0.3 is 33.8 Å². The summed E-state index contributed by atoms with van der Waals surface area (Å²) in [5.41, 5.74) is 0.0250. The van der Waals surface area contributed by atoms with Gasteiger partial charge in [0, 0.05) is 18.4 Å². The number of quaternary nitrogens is 2. The van der Waals surface area contributed by atoms with E-state index in [4.69, 9.17) is 11.8 Å². The first-order chi connectivity index (χ1) is 7.47. The van der Waals surface area contributed by atoms with E-state index in [1.165, 1.54) is 19.5 Å². The van der Waals surface area contributed by atoms with Crippen LogP contribution in [0.1, 0.15) is 26.7 Å². The molecule has 0 unspecified atom stereocenters. The molecule has 0 aliphatic heterocycles. The van der Waals surface area contributed by atoms with Crippen LogP contribution in [0.2, 0.25) is 0 Å². The van der Waals surface area contributed by atoms with Gasteiger partial charge >= 0.3 is 0 Å². The lowest BCUT2D eigenvalue weighted by atomic mass is 10.0. The molecular formula is C13H32Cl3N3. The zero-order valence-corrected chi connectivity index (χ0v) is 15.8. The summed E-state index contributed by atoms with van der Waals surface area (Å²) in [6, 6.07) is 0.